The van der Waals surface area contributed by atoms with Crippen molar-refractivity contribution in [2.24, 2.45) is 0 Å². The maximum atomic E-state index is 14.1. The molecule has 0 bridgehead atoms. The van der Waals surface area contributed by atoms with Crippen molar-refractivity contribution in [1.82, 2.24) is 9.29 Å². The first-order valence-corrected chi connectivity index (χ1v) is 14.8. The van der Waals surface area contributed by atoms with Crippen LogP contribution in [0.1, 0.15) is 37.5 Å². The number of furan rings is 1. The first-order valence-electron chi connectivity index (χ1n) is 11.4. The van der Waals surface area contributed by atoms with E-state index in [2.05, 4.69) is 6.92 Å². The Bertz CT molecular complexity index is 1450. The van der Waals surface area contributed by atoms with Crippen LogP contribution in [0.4, 0.5) is 5.13 Å². The van der Waals surface area contributed by atoms with Gasteiger partial charge >= 0.3 is 0 Å². The predicted octanol–water partition coefficient (Wildman–Crippen LogP) is 5.94. The number of sulfonamides is 1. The van der Waals surface area contributed by atoms with E-state index in [9.17, 15) is 13.2 Å². The van der Waals surface area contributed by atoms with Gasteiger partial charge in [0.25, 0.3) is 10.0 Å². The minimum absolute atomic E-state index is 0.146. The molecule has 0 spiro atoms. The lowest BCUT2D eigenvalue weighted by Gasteiger charge is -2.35. The summed E-state index contributed by atoms with van der Waals surface area (Å²) in [6.45, 7) is 2.52. The van der Waals surface area contributed by atoms with E-state index < -0.39 is 16.1 Å². The van der Waals surface area contributed by atoms with Gasteiger partial charge in [-0.2, -0.15) is 4.31 Å². The maximum Gasteiger partial charge on any atom is 0.253 e. The quantitative estimate of drug-likeness (QED) is 0.285. The molecule has 1 unspecified atom stereocenters. The zero-order chi connectivity index (χ0) is 24.6. The lowest BCUT2D eigenvalue weighted by molar-refractivity contribution is -0.123. The average Bonchev–Trinajstić information content (AvgIpc) is 3.62. The molecule has 11 heteroatoms. The normalized spacial score (nSPS) is 17.1. The Morgan fingerprint density at radius 1 is 1.20 bits per heavy atom. The largest absolute Gasteiger partial charge is 0.467 e. The number of benzene rings is 1. The number of piperidine rings is 1. The van der Waals surface area contributed by atoms with Gasteiger partial charge in [-0.1, -0.05) is 48.4 Å². The van der Waals surface area contributed by atoms with Gasteiger partial charge in [0.05, 0.1) is 27.4 Å². The molecular formula is C24H24ClN3O4S3. The predicted molar refractivity (Wildman–Crippen MR) is 140 cm³/mol. The number of carbonyl (C=O) groups excluding carboxylic acids is 1. The summed E-state index contributed by atoms with van der Waals surface area (Å²) in [4.78, 5) is 20.5. The van der Waals surface area contributed by atoms with Crippen LogP contribution in [0.25, 0.3) is 10.2 Å². The minimum Gasteiger partial charge on any atom is -0.467 e. The fourth-order valence-corrected chi connectivity index (χ4v) is 8.65. The van der Waals surface area contributed by atoms with Crippen molar-refractivity contribution in [2.45, 2.75) is 49.4 Å². The number of carbonyl (C=O) groups is 1. The fraction of sp³-hybridized carbons (Fsp3) is 0.333. The second-order valence-corrected chi connectivity index (χ2v) is 13.1. The molecule has 1 aliphatic rings. The molecule has 1 atom stereocenters. The van der Waals surface area contributed by atoms with Gasteiger partial charge in [0.15, 0.2) is 5.13 Å². The van der Waals surface area contributed by atoms with Gasteiger partial charge in [0, 0.05) is 6.54 Å². The summed E-state index contributed by atoms with van der Waals surface area (Å²) < 4.78 is 35.4. The summed E-state index contributed by atoms with van der Waals surface area (Å²) in [5.41, 5.74) is 1.97. The minimum atomic E-state index is -3.87. The highest BCUT2D eigenvalue weighted by atomic mass is 35.5. The number of hydrogen-bond donors (Lipinski definition) is 0. The molecule has 3 aromatic heterocycles. The van der Waals surface area contributed by atoms with Crippen molar-refractivity contribution in [3.05, 3.63) is 64.4 Å². The molecule has 0 saturated carbocycles. The number of para-hydroxylation sites is 1. The standard InChI is InChI=1S/C24H24ClN3O4S3/c1-2-16-7-5-10-19-22(16)26-24(33-19)27(15-17-8-6-14-32-17)23(29)18-9-3-4-13-28(18)35(30,31)21-12-11-20(25)34-21/h5-8,10-12,14,18H,2-4,9,13,15H2,1H3. The van der Waals surface area contributed by atoms with Gasteiger partial charge < -0.3 is 4.42 Å². The highest BCUT2D eigenvalue weighted by Gasteiger charge is 2.41. The Morgan fingerprint density at radius 2 is 2.06 bits per heavy atom. The van der Waals surface area contributed by atoms with Crippen molar-refractivity contribution in [3.8, 4) is 0 Å². The van der Waals surface area contributed by atoms with Gasteiger partial charge in [-0.15, -0.1) is 11.3 Å². The molecule has 0 N–H and O–H groups in total. The van der Waals surface area contributed by atoms with Crippen molar-refractivity contribution in [3.63, 3.8) is 0 Å². The molecule has 4 aromatic rings. The average molecular weight is 550 g/mol. The van der Waals surface area contributed by atoms with Crippen LogP contribution in [0, 0.1) is 0 Å². The maximum absolute atomic E-state index is 14.1. The summed E-state index contributed by atoms with van der Waals surface area (Å²) in [5.74, 6) is 0.299. The Hall–Kier alpha value is -2.24. The van der Waals surface area contributed by atoms with Crippen LogP contribution in [-0.2, 0) is 27.8 Å². The number of rotatable bonds is 7. The number of aromatic nitrogens is 1. The summed E-state index contributed by atoms with van der Waals surface area (Å²) >= 11 is 8.45. The Morgan fingerprint density at radius 3 is 2.77 bits per heavy atom. The van der Waals surface area contributed by atoms with Gasteiger partial charge in [-0.05, 0) is 55.2 Å². The number of amides is 1. The van der Waals surface area contributed by atoms with E-state index in [1.54, 1.807) is 29.4 Å². The highest BCUT2D eigenvalue weighted by Crippen LogP contribution is 2.36. The number of fused-ring (bicyclic) bond motifs is 1. The molecule has 1 aromatic carbocycles. The first kappa shape index (κ1) is 24.5. The van der Waals surface area contributed by atoms with Crippen LogP contribution >= 0.6 is 34.3 Å². The van der Waals surface area contributed by atoms with E-state index in [0.29, 0.717) is 28.1 Å². The SMILES string of the molecule is CCc1cccc2sc(N(Cc3ccco3)C(=O)C3CCCCN3S(=O)(=O)c3ccc(Cl)s3)nc12. The van der Waals surface area contributed by atoms with Crippen LogP contribution < -0.4 is 4.90 Å². The Labute approximate surface area is 217 Å². The molecule has 0 aliphatic carbocycles. The van der Waals surface area contributed by atoms with Gasteiger partial charge in [-0.3, -0.25) is 9.69 Å². The molecule has 35 heavy (non-hydrogen) atoms. The van der Waals surface area contributed by atoms with Gasteiger partial charge in [0.1, 0.15) is 16.0 Å². The lowest BCUT2D eigenvalue weighted by Crippen LogP contribution is -2.52. The highest BCUT2D eigenvalue weighted by molar-refractivity contribution is 7.91. The number of thiazole rings is 1. The molecule has 7 nitrogen and oxygen atoms in total. The molecule has 4 heterocycles. The van der Waals surface area contributed by atoms with E-state index >= 15 is 0 Å². The van der Waals surface area contributed by atoms with Crippen LogP contribution in [0.15, 0.2) is 57.4 Å². The zero-order valence-electron chi connectivity index (χ0n) is 19.0. The van der Waals surface area contributed by atoms with Crippen LogP contribution in [-0.4, -0.2) is 36.2 Å². The topological polar surface area (TPSA) is 83.7 Å². The van der Waals surface area contributed by atoms with E-state index in [1.807, 2.05) is 18.2 Å². The molecule has 5 rings (SSSR count). The van der Waals surface area contributed by atoms with E-state index in [4.69, 9.17) is 21.0 Å². The van der Waals surface area contributed by atoms with Crippen molar-refractivity contribution in [1.29, 1.82) is 0 Å². The zero-order valence-corrected chi connectivity index (χ0v) is 22.2. The van der Waals surface area contributed by atoms with Gasteiger partial charge in [-0.25, -0.2) is 13.4 Å². The summed E-state index contributed by atoms with van der Waals surface area (Å²) in [7, 11) is -3.87. The first-order chi connectivity index (χ1) is 16.9. The third-order valence-electron chi connectivity index (χ3n) is 6.11. The molecule has 1 amide bonds. The lowest BCUT2D eigenvalue weighted by atomic mass is 10.0. The number of aryl methyl sites for hydroxylation is 1. The van der Waals surface area contributed by atoms with E-state index in [0.717, 1.165) is 40.0 Å². The van der Waals surface area contributed by atoms with Crippen molar-refractivity contribution >= 4 is 65.6 Å². The third kappa shape index (κ3) is 4.77. The Balaban J connectivity index is 1.55. The number of thiophene rings is 1. The van der Waals surface area contributed by atoms with Crippen LogP contribution in [0.5, 0.6) is 0 Å². The second-order valence-electron chi connectivity index (χ2n) is 8.30. The van der Waals surface area contributed by atoms with Crippen molar-refractivity contribution in [2.75, 3.05) is 11.4 Å². The van der Waals surface area contributed by atoms with E-state index in [1.165, 1.54) is 21.7 Å². The number of nitrogens with zero attached hydrogens (tertiary/aromatic N) is 3. The number of anilines is 1. The van der Waals surface area contributed by atoms with Crippen LogP contribution in [0.3, 0.4) is 0 Å². The smallest absolute Gasteiger partial charge is 0.253 e. The molecule has 1 saturated heterocycles. The Kier molecular flexibility index (Phi) is 7.00. The van der Waals surface area contributed by atoms with Crippen molar-refractivity contribution < 1.29 is 17.6 Å². The fourth-order valence-electron chi connectivity index (χ4n) is 4.36. The summed E-state index contributed by atoms with van der Waals surface area (Å²) in [5, 5.41) is 0.532. The number of hydrogen-bond acceptors (Lipinski definition) is 7. The summed E-state index contributed by atoms with van der Waals surface area (Å²) in [6, 6.07) is 11.8. The molecule has 0 radical (unpaired) electrons. The van der Waals surface area contributed by atoms with Crippen LogP contribution in [0.2, 0.25) is 4.34 Å². The summed E-state index contributed by atoms with van der Waals surface area (Å²) in [6.07, 6.45) is 4.29. The molecular weight excluding hydrogens is 526 g/mol. The molecule has 184 valence electrons. The third-order valence-corrected chi connectivity index (χ3v) is 10.8. The van der Waals surface area contributed by atoms with E-state index in [-0.39, 0.29) is 23.2 Å². The molecule has 1 fully saturated rings. The number of halogens is 1. The van der Waals surface area contributed by atoms with Gasteiger partial charge in [0.2, 0.25) is 5.91 Å². The second kappa shape index (κ2) is 10.0. The molecule has 1 aliphatic heterocycles. The monoisotopic (exact) mass is 549 g/mol.